The summed E-state index contributed by atoms with van der Waals surface area (Å²) in [6.07, 6.45) is 10.1. The van der Waals surface area contributed by atoms with Crippen LogP contribution in [0.15, 0.2) is 22.8 Å². The zero-order valence-electron chi connectivity index (χ0n) is 11.8. The molecule has 1 heterocycles. The summed E-state index contributed by atoms with van der Waals surface area (Å²) in [7, 11) is 0. The number of nitrogens with two attached hydrogens (primary N) is 1. The predicted molar refractivity (Wildman–Crippen MR) is 76.1 cm³/mol. The van der Waals surface area contributed by atoms with Crippen LogP contribution in [0.5, 0.6) is 0 Å². The smallest absolute Gasteiger partial charge is 0.103 e. The van der Waals surface area contributed by atoms with Gasteiger partial charge in [-0.2, -0.15) is 0 Å². The fourth-order valence-corrected chi connectivity index (χ4v) is 2.42. The summed E-state index contributed by atoms with van der Waals surface area (Å²) < 4.78 is 5.36. The van der Waals surface area contributed by atoms with Crippen molar-refractivity contribution in [2.45, 2.75) is 64.8 Å². The SMILES string of the molecule is CCCCC(CC)CC(CCc1ccco1)NN. The highest BCUT2D eigenvalue weighted by atomic mass is 16.3. The summed E-state index contributed by atoms with van der Waals surface area (Å²) in [6, 6.07) is 4.37. The molecule has 18 heavy (non-hydrogen) atoms. The second kappa shape index (κ2) is 9.17. The first kappa shape index (κ1) is 15.3. The summed E-state index contributed by atoms with van der Waals surface area (Å²) >= 11 is 0. The van der Waals surface area contributed by atoms with Crippen LogP contribution in [0.2, 0.25) is 0 Å². The lowest BCUT2D eigenvalue weighted by molar-refractivity contribution is 0.334. The molecule has 0 radical (unpaired) electrons. The zero-order valence-corrected chi connectivity index (χ0v) is 11.8. The Kier molecular flexibility index (Phi) is 7.78. The van der Waals surface area contributed by atoms with Gasteiger partial charge in [-0.25, -0.2) is 0 Å². The predicted octanol–water partition coefficient (Wildman–Crippen LogP) is 3.65. The number of hydrogen-bond donors (Lipinski definition) is 2. The van der Waals surface area contributed by atoms with Crippen molar-refractivity contribution in [3.05, 3.63) is 24.2 Å². The van der Waals surface area contributed by atoms with Gasteiger partial charge in [0.05, 0.1) is 6.26 Å². The van der Waals surface area contributed by atoms with Crippen molar-refractivity contribution in [3.8, 4) is 0 Å². The van der Waals surface area contributed by atoms with E-state index < -0.39 is 0 Å². The van der Waals surface area contributed by atoms with Crippen LogP contribution >= 0.6 is 0 Å². The molecule has 0 bridgehead atoms. The summed E-state index contributed by atoms with van der Waals surface area (Å²) in [4.78, 5) is 0. The maximum absolute atomic E-state index is 5.66. The van der Waals surface area contributed by atoms with E-state index in [1.165, 1.54) is 32.1 Å². The number of aryl methyl sites for hydroxylation is 1. The number of rotatable bonds is 10. The van der Waals surface area contributed by atoms with E-state index in [0.717, 1.165) is 24.5 Å². The van der Waals surface area contributed by atoms with Crippen LogP contribution in [-0.2, 0) is 6.42 Å². The quantitative estimate of drug-likeness (QED) is 0.493. The second-order valence-corrected chi connectivity index (χ2v) is 5.13. The number of unbranched alkanes of at least 4 members (excludes halogenated alkanes) is 1. The van der Waals surface area contributed by atoms with Gasteiger partial charge < -0.3 is 4.42 Å². The van der Waals surface area contributed by atoms with Gasteiger partial charge in [0, 0.05) is 12.5 Å². The van der Waals surface area contributed by atoms with E-state index in [1.807, 2.05) is 12.1 Å². The molecule has 0 fully saturated rings. The first-order valence-electron chi connectivity index (χ1n) is 7.28. The fraction of sp³-hybridized carbons (Fsp3) is 0.733. The van der Waals surface area contributed by atoms with Crippen molar-refractivity contribution >= 4 is 0 Å². The maximum atomic E-state index is 5.66. The molecule has 0 aliphatic rings. The summed E-state index contributed by atoms with van der Waals surface area (Å²) in [5.74, 6) is 7.51. The third-order valence-electron chi connectivity index (χ3n) is 3.72. The Morgan fingerprint density at radius 1 is 1.33 bits per heavy atom. The van der Waals surface area contributed by atoms with Gasteiger partial charge in [-0.05, 0) is 30.9 Å². The first-order chi connectivity index (χ1) is 8.80. The van der Waals surface area contributed by atoms with Crippen LogP contribution in [0.4, 0.5) is 0 Å². The van der Waals surface area contributed by atoms with Crippen molar-refractivity contribution in [2.75, 3.05) is 0 Å². The molecule has 1 rings (SSSR count). The lowest BCUT2D eigenvalue weighted by Gasteiger charge is -2.21. The van der Waals surface area contributed by atoms with Gasteiger partial charge in [0.15, 0.2) is 0 Å². The minimum absolute atomic E-state index is 0.400. The minimum atomic E-state index is 0.400. The Balaban J connectivity index is 2.30. The highest BCUT2D eigenvalue weighted by Gasteiger charge is 2.14. The molecule has 0 aromatic carbocycles. The highest BCUT2D eigenvalue weighted by molar-refractivity contribution is 4.98. The molecule has 3 nitrogen and oxygen atoms in total. The van der Waals surface area contributed by atoms with Gasteiger partial charge in [0.1, 0.15) is 5.76 Å². The van der Waals surface area contributed by atoms with E-state index in [2.05, 4.69) is 19.3 Å². The molecule has 0 spiro atoms. The van der Waals surface area contributed by atoms with Crippen LogP contribution in [-0.4, -0.2) is 6.04 Å². The monoisotopic (exact) mass is 252 g/mol. The van der Waals surface area contributed by atoms with Crippen molar-refractivity contribution in [1.29, 1.82) is 0 Å². The van der Waals surface area contributed by atoms with Crippen molar-refractivity contribution < 1.29 is 4.42 Å². The number of furan rings is 1. The molecular weight excluding hydrogens is 224 g/mol. The molecule has 0 aliphatic carbocycles. The molecule has 2 unspecified atom stereocenters. The van der Waals surface area contributed by atoms with E-state index in [4.69, 9.17) is 10.3 Å². The van der Waals surface area contributed by atoms with Crippen molar-refractivity contribution in [3.63, 3.8) is 0 Å². The third kappa shape index (κ3) is 5.69. The van der Waals surface area contributed by atoms with Crippen LogP contribution in [0.1, 0.15) is 58.1 Å². The third-order valence-corrected chi connectivity index (χ3v) is 3.72. The zero-order chi connectivity index (χ0) is 13.2. The topological polar surface area (TPSA) is 51.2 Å². The maximum Gasteiger partial charge on any atom is 0.103 e. The Bertz CT molecular complexity index is 285. The Labute approximate surface area is 111 Å². The number of nitrogens with one attached hydrogen (secondary N) is 1. The molecule has 3 heteroatoms. The Hall–Kier alpha value is -0.800. The van der Waals surface area contributed by atoms with Crippen LogP contribution < -0.4 is 11.3 Å². The normalized spacial score (nSPS) is 14.6. The van der Waals surface area contributed by atoms with Gasteiger partial charge in [0.25, 0.3) is 0 Å². The van der Waals surface area contributed by atoms with Crippen LogP contribution in [0.3, 0.4) is 0 Å². The van der Waals surface area contributed by atoms with Gasteiger partial charge >= 0.3 is 0 Å². The fourth-order valence-electron chi connectivity index (χ4n) is 2.42. The molecule has 0 saturated carbocycles. The first-order valence-corrected chi connectivity index (χ1v) is 7.28. The Morgan fingerprint density at radius 3 is 2.72 bits per heavy atom. The molecular formula is C15H28N2O. The van der Waals surface area contributed by atoms with Gasteiger partial charge in [0.2, 0.25) is 0 Å². The summed E-state index contributed by atoms with van der Waals surface area (Å²) in [5.41, 5.74) is 2.96. The largest absolute Gasteiger partial charge is 0.469 e. The number of hydrazine groups is 1. The van der Waals surface area contributed by atoms with Gasteiger partial charge in [-0.1, -0.05) is 39.5 Å². The minimum Gasteiger partial charge on any atom is -0.469 e. The standard InChI is InChI=1S/C15H28N2O/c1-3-5-7-13(4-2)12-14(17-16)9-10-15-8-6-11-18-15/h6,8,11,13-14,17H,3-5,7,9-10,12,16H2,1-2H3. The van der Waals surface area contributed by atoms with E-state index in [1.54, 1.807) is 6.26 Å². The van der Waals surface area contributed by atoms with E-state index in [9.17, 15) is 0 Å². The second-order valence-electron chi connectivity index (χ2n) is 5.13. The average Bonchev–Trinajstić information content (AvgIpc) is 2.91. The molecule has 2 atom stereocenters. The molecule has 0 saturated heterocycles. The van der Waals surface area contributed by atoms with Crippen LogP contribution in [0.25, 0.3) is 0 Å². The molecule has 104 valence electrons. The van der Waals surface area contributed by atoms with E-state index in [-0.39, 0.29) is 0 Å². The van der Waals surface area contributed by atoms with E-state index in [0.29, 0.717) is 6.04 Å². The molecule has 0 aliphatic heterocycles. The van der Waals surface area contributed by atoms with Gasteiger partial charge in [-0.15, -0.1) is 0 Å². The number of hydrogen-bond acceptors (Lipinski definition) is 3. The Morgan fingerprint density at radius 2 is 2.17 bits per heavy atom. The van der Waals surface area contributed by atoms with Crippen LogP contribution in [0, 0.1) is 5.92 Å². The molecule has 1 aromatic heterocycles. The van der Waals surface area contributed by atoms with Crippen molar-refractivity contribution in [1.82, 2.24) is 5.43 Å². The molecule has 0 amide bonds. The van der Waals surface area contributed by atoms with Crippen molar-refractivity contribution in [2.24, 2.45) is 11.8 Å². The lowest BCUT2D eigenvalue weighted by Crippen LogP contribution is -2.37. The lowest BCUT2D eigenvalue weighted by atomic mass is 9.90. The van der Waals surface area contributed by atoms with Gasteiger partial charge in [-0.3, -0.25) is 11.3 Å². The highest BCUT2D eigenvalue weighted by Crippen LogP contribution is 2.20. The summed E-state index contributed by atoms with van der Waals surface area (Å²) in [6.45, 7) is 4.53. The molecule has 3 N–H and O–H groups in total. The molecule has 1 aromatic rings. The van der Waals surface area contributed by atoms with E-state index >= 15 is 0 Å². The average molecular weight is 252 g/mol. The summed E-state index contributed by atoms with van der Waals surface area (Å²) in [5, 5.41) is 0.